The number of imide groups is 1. The van der Waals surface area contributed by atoms with Crippen LogP contribution in [0.5, 0.6) is 0 Å². The molecule has 5 nitrogen and oxygen atoms in total. The number of carbonyl (C=O) groups is 2. The fourth-order valence-electron chi connectivity index (χ4n) is 4.89. The van der Waals surface area contributed by atoms with Crippen molar-refractivity contribution in [3.63, 3.8) is 0 Å². The van der Waals surface area contributed by atoms with Crippen LogP contribution >= 0.6 is 0 Å². The van der Waals surface area contributed by atoms with Crippen molar-refractivity contribution in [1.29, 1.82) is 0 Å². The molecule has 1 saturated carbocycles. The summed E-state index contributed by atoms with van der Waals surface area (Å²) in [5, 5.41) is 6.42. The highest BCUT2D eigenvalue weighted by Crippen LogP contribution is 2.38. The topological polar surface area (TPSA) is 61.4 Å². The zero-order valence-corrected chi connectivity index (χ0v) is 15.0. The molecule has 2 saturated heterocycles. The van der Waals surface area contributed by atoms with Crippen LogP contribution in [-0.4, -0.2) is 41.5 Å². The van der Waals surface area contributed by atoms with Gasteiger partial charge in [0.25, 0.3) is 5.91 Å². The van der Waals surface area contributed by atoms with Crippen LogP contribution in [0.25, 0.3) is 0 Å². The highest BCUT2D eigenvalue weighted by atomic mass is 19.1. The lowest BCUT2D eigenvalue weighted by Crippen LogP contribution is -2.57. The van der Waals surface area contributed by atoms with Crippen LogP contribution < -0.4 is 10.6 Å². The first-order chi connectivity index (χ1) is 12.6. The van der Waals surface area contributed by atoms with Gasteiger partial charge in [-0.15, -0.1) is 0 Å². The van der Waals surface area contributed by atoms with Crippen LogP contribution in [0, 0.1) is 11.7 Å². The first-order valence-corrected chi connectivity index (χ1v) is 9.71. The number of carbonyl (C=O) groups excluding carboxylic acids is 2. The highest BCUT2D eigenvalue weighted by molar-refractivity contribution is 6.07. The van der Waals surface area contributed by atoms with Gasteiger partial charge in [0.1, 0.15) is 11.4 Å². The number of urea groups is 1. The second kappa shape index (κ2) is 6.99. The van der Waals surface area contributed by atoms with Crippen molar-refractivity contribution in [2.24, 2.45) is 5.92 Å². The molecule has 2 N–H and O–H groups in total. The number of halogens is 1. The SMILES string of the molecule is O=C1N[C@](Cc2ccc(F)cc2)(C2CCNCC2)C(=O)N1C1CCCC1. The Kier molecular flexibility index (Phi) is 4.69. The Morgan fingerprint density at radius 1 is 1.04 bits per heavy atom. The molecule has 0 radical (unpaired) electrons. The lowest BCUT2D eigenvalue weighted by molar-refractivity contribution is -0.135. The van der Waals surface area contributed by atoms with Crippen LogP contribution in [0.1, 0.15) is 44.1 Å². The average molecular weight is 359 g/mol. The second-order valence-electron chi connectivity index (χ2n) is 7.84. The Hall–Kier alpha value is -1.95. The van der Waals surface area contributed by atoms with Gasteiger partial charge in [0.05, 0.1) is 0 Å². The van der Waals surface area contributed by atoms with Crippen molar-refractivity contribution < 1.29 is 14.0 Å². The fraction of sp³-hybridized carbons (Fsp3) is 0.600. The van der Waals surface area contributed by atoms with Crippen molar-refractivity contribution >= 4 is 11.9 Å². The summed E-state index contributed by atoms with van der Waals surface area (Å²) >= 11 is 0. The van der Waals surface area contributed by atoms with E-state index in [4.69, 9.17) is 0 Å². The van der Waals surface area contributed by atoms with Gasteiger partial charge in [-0.3, -0.25) is 9.69 Å². The number of benzene rings is 1. The van der Waals surface area contributed by atoms with Gasteiger partial charge < -0.3 is 10.6 Å². The molecule has 1 aromatic rings. The summed E-state index contributed by atoms with van der Waals surface area (Å²) in [6.07, 6.45) is 6.07. The van der Waals surface area contributed by atoms with Gasteiger partial charge in [0.15, 0.2) is 0 Å². The Bertz CT molecular complexity index is 681. The van der Waals surface area contributed by atoms with Crippen LogP contribution in [0.15, 0.2) is 24.3 Å². The number of nitrogens with zero attached hydrogens (tertiary/aromatic N) is 1. The predicted molar refractivity (Wildman–Crippen MR) is 96.1 cm³/mol. The molecule has 0 bridgehead atoms. The Morgan fingerprint density at radius 2 is 1.69 bits per heavy atom. The quantitative estimate of drug-likeness (QED) is 0.813. The van der Waals surface area contributed by atoms with E-state index >= 15 is 0 Å². The standard InChI is InChI=1S/C20H26FN3O2/c21-16-7-5-14(6-8-16)13-20(15-9-11-22-12-10-15)18(25)24(19(26)23-20)17-3-1-2-4-17/h5-8,15,17,22H,1-4,9-13H2,(H,23,26)/t20-/m1/s1. The predicted octanol–water partition coefficient (Wildman–Crippen LogP) is 2.60. The normalized spacial score (nSPS) is 28.0. The molecular formula is C20H26FN3O2. The fourth-order valence-corrected chi connectivity index (χ4v) is 4.89. The van der Waals surface area contributed by atoms with Crippen LogP contribution in [0.2, 0.25) is 0 Å². The molecule has 26 heavy (non-hydrogen) atoms. The van der Waals surface area contributed by atoms with Gasteiger partial charge in [-0.25, -0.2) is 9.18 Å². The molecular weight excluding hydrogens is 333 g/mol. The zero-order valence-electron chi connectivity index (χ0n) is 15.0. The second-order valence-corrected chi connectivity index (χ2v) is 7.84. The van der Waals surface area contributed by atoms with E-state index in [-0.39, 0.29) is 29.7 Å². The molecule has 0 spiro atoms. The third-order valence-corrected chi connectivity index (χ3v) is 6.27. The summed E-state index contributed by atoms with van der Waals surface area (Å²) in [5.74, 6) is -0.277. The maximum Gasteiger partial charge on any atom is 0.325 e. The van der Waals surface area contributed by atoms with Gasteiger partial charge in [-0.2, -0.15) is 0 Å². The number of nitrogens with one attached hydrogen (secondary N) is 2. The van der Waals surface area contributed by atoms with Crippen molar-refractivity contribution in [2.45, 2.75) is 56.5 Å². The summed E-state index contributed by atoms with van der Waals surface area (Å²) in [6, 6.07) is 6.05. The average Bonchev–Trinajstić information content (AvgIpc) is 3.25. The van der Waals surface area contributed by atoms with Gasteiger partial charge in [0, 0.05) is 12.5 Å². The molecule has 3 amide bonds. The van der Waals surface area contributed by atoms with Crippen LogP contribution in [0.3, 0.4) is 0 Å². The summed E-state index contributed by atoms with van der Waals surface area (Å²) in [7, 11) is 0. The van der Waals surface area contributed by atoms with Crippen molar-refractivity contribution in [1.82, 2.24) is 15.5 Å². The van der Waals surface area contributed by atoms with E-state index in [9.17, 15) is 14.0 Å². The molecule has 4 rings (SSSR count). The van der Waals surface area contributed by atoms with Crippen LogP contribution in [-0.2, 0) is 11.2 Å². The van der Waals surface area contributed by atoms with E-state index in [1.54, 1.807) is 12.1 Å². The Labute approximate surface area is 153 Å². The monoisotopic (exact) mass is 359 g/mol. The highest BCUT2D eigenvalue weighted by Gasteiger charge is 2.57. The van der Waals surface area contributed by atoms with E-state index < -0.39 is 5.54 Å². The van der Waals surface area contributed by atoms with E-state index in [2.05, 4.69) is 10.6 Å². The molecule has 1 aromatic carbocycles. The van der Waals surface area contributed by atoms with E-state index in [0.717, 1.165) is 57.2 Å². The smallest absolute Gasteiger partial charge is 0.322 e. The summed E-state index contributed by atoms with van der Waals surface area (Å²) in [5.41, 5.74) is -0.0218. The number of hydrogen-bond acceptors (Lipinski definition) is 3. The summed E-state index contributed by atoms with van der Waals surface area (Å²) in [6.45, 7) is 1.70. The molecule has 0 aromatic heterocycles. The minimum absolute atomic E-state index is 0.0271. The lowest BCUT2D eigenvalue weighted by Gasteiger charge is -2.38. The maximum atomic E-state index is 13.5. The minimum atomic E-state index is -0.903. The molecule has 1 atom stereocenters. The van der Waals surface area contributed by atoms with Gasteiger partial charge in [-0.1, -0.05) is 25.0 Å². The van der Waals surface area contributed by atoms with Crippen LogP contribution in [0.4, 0.5) is 9.18 Å². The first-order valence-electron chi connectivity index (χ1n) is 9.71. The molecule has 6 heteroatoms. The number of rotatable bonds is 4. The summed E-state index contributed by atoms with van der Waals surface area (Å²) in [4.78, 5) is 27.8. The summed E-state index contributed by atoms with van der Waals surface area (Å²) < 4.78 is 13.3. The van der Waals surface area contributed by atoms with Crippen molar-refractivity contribution in [3.8, 4) is 0 Å². The Morgan fingerprint density at radius 3 is 2.35 bits per heavy atom. The van der Waals surface area contributed by atoms with Crippen molar-refractivity contribution in [3.05, 3.63) is 35.6 Å². The molecule has 3 fully saturated rings. The molecule has 3 aliphatic rings. The number of piperidine rings is 1. The van der Waals surface area contributed by atoms with E-state index in [0.29, 0.717) is 6.42 Å². The Balaban J connectivity index is 1.67. The molecule has 1 aliphatic carbocycles. The number of hydrogen-bond donors (Lipinski definition) is 2. The van der Waals surface area contributed by atoms with E-state index in [1.807, 2.05) is 0 Å². The number of amides is 3. The minimum Gasteiger partial charge on any atom is -0.322 e. The third kappa shape index (κ3) is 3.00. The molecule has 0 unspecified atom stereocenters. The zero-order chi connectivity index (χ0) is 18.1. The molecule has 140 valence electrons. The van der Waals surface area contributed by atoms with Gasteiger partial charge >= 0.3 is 6.03 Å². The van der Waals surface area contributed by atoms with E-state index in [1.165, 1.54) is 17.0 Å². The largest absolute Gasteiger partial charge is 0.325 e. The first kappa shape index (κ1) is 17.5. The lowest BCUT2D eigenvalue weighted by atomic mass is 9.74. The van der Waals surface area contributed by atoms with Gasteiger partial charge in [0.2, 0.25) is 0 Å². The van der Waals surface area contributed by atoms with Gasteiger partial charge in [-0.05, 0) is 62.4 Å². The molecule has 2 heterocycles. The van der Waals surface area contributed by atoms with Crippen molar-refractivity contribution in [2.75, 3.05) is 13.1 Å². The maximum absolute atomic E-state index is 13.5. The third-order valence-electron chi connectivity index (χ3n) is 6.27. The molecule has 2 aliphatic heterocycles.